The molecule has 0 bridgehead atoms. The third-order valence-corrected chi connectivity index (χ3v) is 3.52. The summed E-state index contributed by atoms with van der Waals surface area (Å²) in [7, 11) is 0. The van der Waals surface area contributed by atoms with Crippen molar-refractivity contribution >= 4 is 11.6 Å². The Morgan fingerprint density at radius 3 is 2.76 bits per heavy atom. The molecule has 2 aromatic rings. The Morgan fingerprint density at radius 2 is 2.10 bits per heavy atom. The lowest BCUT2D eigenvalue weighted by atomic mass is 9.99. The molecule has 106 valence electrons. The first kappa shape index (κ1) is 13.3. The van der Waals surface area contributed by atoms with Crippen molar-refractivity contribution in [2.75, 3.05) is 0 Å². The number of hydrogen-bond acceptors (Lipinski definition) is 4. The van der Waals surface area contributed by atoms with E-state index in [9.17, 15) is 9.90 Å². The fourth-order valence-electron chi connectivity index (χ4n) is 2.51. The third-order valence-electron chi connectivity index (χ3n) is 3.52. The standard InChI is InChI=1S/C16H15N3O2/c1-11(20)19-15(12-5-4-8-17-10-12)9-14(18-19)13-6-2-3-7-16(13)21/h2-8,10,15,21H,9H2,1H3/t15-/m0/s1. The molecule has 1 aliphatic rings. The molecule has 1 aromatic carbocycles. The predicted molar refractivity (Wildman–Crippen MR) is 78.8 cm³/mol. The van der Waals surface area contributed by atoms with E-state index in [-0.39, 0.29) is 17.7 Å². The van der Waals surface area contributed by atoms with Gasteiger partial charge in [0, 0.05) is 31.3 Å². The molecule has 1 amide bonds. The highest BCUT2D eigenvalue weighted by Crippen LogP contribution is 2.34. The molecular formula is C16H15N3O2. The van der Waals surface area contributed by atoms with Crippen LogP contribution in [0.4, 0.5) is 0 Å². The van der Waals surface area contributed by atoms with Crippen LogP contribution in [-0.2, 0) is 4.79 Å². The minimum atomic E-state index is -0.175. The summed E-state index contributed by atoms with van der Waals surface area (Å²) >= 11 is 0. The van der Waals surface area contributed by atoms with E-state index in [2.05, 4.69) is 10.1 Å². The number of aromatic hydroxyl groups is 1. The highest BCUT2D eigenvalue weighted by Gasteiger charge is 2.32. The number of carbonyl (C=O) groups is 1. The summed E-state index contributed by atoms with van der Waals surface area (Å²) in [6.07, 6.45) is 3.99. The number of pyridine rings is 1. The van der Waals surface area contributed by atoms with Gasteiger partial charge in [0.2, 0.25) is 5.91 Å². The van der Waals surface area contributed by atoms with Gasteiger partial charge in [-0.15, -0.1) is 0 Å². The Kier molecular flexibility index (Phi) is 3.39. The normalized spacial score (nSPS) is 17.7. The zero-order chi connectivity index (χ0) is 14.8. The van der Waals surface area contributed by atoms with Gasteiger partial charge in [0.05, 0.1) is 11.8 Å². The molecule has 0 unspecified atom stereocenters. The number of rotatable bonds is 2. The molecule has 21 heavy (non-hydrogen) atoms. The van der Waals surface area contributed by atoms with Crippen LogP contribution >= 0.6 is 0 Å². The Morgan fingerprint density at radius 1 is 1.29 bits per heavy atom. The number of phenolic OH excluding ortho intramolecular Hbond substituents is 1. The maximum atomic E-state index is 11.8. The van der Waals surface area contributed by atoms with Crippen LogP contribution in [-0.4, -0.2) is 26.7 Å². The van der Waals surface area contributed by atoms with Gasteiger partial charge in [-0.25, -0.2) is 5.01 Å². The lowest BCUT2D eigenvalue weighted by Crippen LogP contribution is -2.24. The summed E-state index contributed by atoms with van der Waals surface area (Å²) in [5.41, 5.74) is 2.30. The number of aromatic nitrogens is 1. The van der Waals surface area contributed by atoms with Crippen molar-refractivity contribution in [3.63, 3.8) is 0 Å². The van der Waals surface area contributed by atoms with Crippen LogP contribution in [0.2, 0.25) is 0 Å². The maximum absolute atomic E-state index is 11.8. The summed E-state index contributed by atoms with van der Waals surface area (Å²) in [5.74, 6) is 0.0425. The quantitative estimate of drug-likeness (QED) is 0.919. The van der Waals surface area contributed by atoms with Gasteiger partial charge < -0.3 is 5.11 Å². The summed E-state index contributed by atoms with van der Waals surface area (Å²) in [6.45, 7) is 1.49. The number of hydrogen-bond donors (Lipinski definition) is 1. The number of para-hydroxylation sites is 1. The van der Waals surface area contributed by atoms with Crippen molar-refractivity contribution < 1.29 is 9.90 Å². The first-order valence-electron chi connectivity index (χ1n) is 6.72. The van der Waals surface area contributed by atoms with Crippen LogP contribution in [0.5, 0.6) is 5.75 Å². The summed E-state index contributed by atoms with van der Waals surface area (Å²) in [6, 6.07) is 10.6. The van der Waals surface area contributed by atoms with E-state index in [1.165, 1.54) is 11.9 Å². The lowest BCUT2D eigenvalue weighted by Gasteiger charge is -2.19. The molecule has 5 nitrogen and oxygen atoms in total. The van der Waals surface area contributed by atoms with Crippen molar-refractivity contribution in [2.24, 2.45) is 5.10 Å². The van der Waals surface area contributed by atoms with Crippen molar-refractivity contribution in [2.45, 2.75) is 19.4 Å². The molecule has 5 heteroatoms. The fourth-order valence-corrected chi connectivity index (χ4v) is 2.51. The average Bonchev–Trinajstić information content (AvgIpc) is 2.94. The molecule has 0 spiro atoms. The van der Waals surface area contributed by atoms with E-state index in [0.29, 0.717) is 17.7 Å². The largest absolute Gasteiger partial charge is 0.507 e. The number of carbonyl (C=O) groups excluding carboxylic acids is 1. The predicted octanol–water partition coefficient (Wildman–Crippen LogP) is 2.48. The van der Waals surface area contributed by atoms with E-state index >= 15 is 0 Å². The van der Waals surface area contributed by atoms with Crippen molar-refractivity contribution in [3.8, 4) is 5.75 Å². The Balaban J connectivity index is 1.98. The molecule has 0 fully saturated rings. The Hall–Kier alpha value is -2.69. The number of phenols is 1. The molecule has 0 saturated carbocycles. The van der Waals surface area contributed by atoms with Gasteiger partial charge in [-0.2, -0.15) is 5.10 Å². The zero-order valence-electron chi connectivity index (χ0n) is 11.6. The van der Waals surface area contributed by atoms with Crippen LogP contribution in [0.15, 0.2) is 53.9 Å². The highest BCUT2D eigenvalue weighted by atomic mass is 16.3. The van der Waals surface area contributed by atoms with Gasteiger partial charge in [0.1, 0.15) is 5.75 Å². The van der Waals surface area contributed by atoms with E-state index in [1.54, 1.807) is 30.6 Å². The Bertz CT molecular complexity index is 698. The van der Waals surface area contributed by atoms with Crippen LogP contribution < -0.4 is 0 Å². The molecule has 1 atom stereocenters. The van der Waals surface area contributed by atoms with E-state index < -0.39 is 0 Å². The monoisotopic (exact) mass is 281 g/mol. The second-order valence-corrected chi connectivity index (χ2v) is 4.93. The lowest BCUT2D eigenvalue weighted by molar-refractivity contribution is -0.130. The minimum Gasteiger partial charge on any atom is -0.507 e. The van der Waals surface area contributed by atoms with Crippen molar-refractivity contribution in [1.29, 1.82) is 0 Å². The SMILES string of the molecule is CC(=O)N1N=C(c2ccccc2O)C[C@H]1c1cccnc1. The highest BCUT2D eigenvalue weighted by molar-refractivity contribution is 6.05. The number of hydrazone groups is 1. The molecule has 1 N–H and O–H groups in total. The van der Waals surface area contributed by atoms with Gasteiger partial charge in [-0.05, 0) is 23.8 Å². The topological polar surface area (TPSA) is 65.8 Å². The number of nitrogens with zero attached hydrogens (tertiary/aromatic N) is 3. The molecule has 0 aliphatic carbocycles. The second kappa shape index (κ2) is 5.36. The van der Waals surface area contributed by atoms with Crippen molar-refractivity contribution in [3.05, 3.63) is 59.9 Å². The summed E-state index contributed by atoms with van der Waals surface area (Å²) in [4.78, 5) is 15.9. The van der Waals surface area contributed by atoms with Crippen LogP contribution in [0.1, 0.15) is 30.5 Å². The molecule has 0 radical (unpaired) electrons. The smallest absolute Gasteiger partial charge is 0.240 e. The maximum Gasteiger partial charge on any atom is 0.240 e. The first-order chi connectivity index (χ1) is 10.2. The van der Waals surface area contributed by atoms with Crippen molar-refractivity contribution in [1.82, 2.24) is 9.99 Å². The third kappa shape index (κ3) is 2.50. The second-order valence-electron chi connectivity index (χ2n) is 4.93. The number of benzene rings is 1. The summed E-state index contributed by atoms with van der Waals surface area (Å²) < 4.78 is 0. The van der Waals surface area contributed by atoms with Crippen LogP contribution in [0, 0.1) is 0 Å². The Labute approximate surface area is 122 Å². The molecule has 1 aromatic heterocycles. The zero-order valence-corrected chi connectivity index (χ0v) is 11.6. The van der Waals surface area contributed by atoms with Gasteiger partial charge >= 0.3 is 0 Å². The molecule has 3 rings (SSSR count). The number of amides is 1. The molecule has 0 saturated heterocycles. The molecule has 1 aliphatic heterocycles. The van der Waals surface area contributed by atoms with E-state index in [1.807, 2.05) is 18.2 Å². The van der Waals surface area contributed by atoms with Gasteiger partial charge in [-0.3, -0.25) is 9.78 Å². The van der Waals surface area contributed by atoms with Gasteiger partial charge in [-0.1, -0.05) is 18.2 Å². The fraction of sp³-hybridized carbons (Fsp3) is 0.188. The first-order valence-corrected chi connectivity index (χ1v) is 6.72. The van der Waals surface area contributed by atoms with Gasteiger partial charge in [0.15, 0.2) is 0 Å². The van der Waals surface area contributed by atoms with E-state index in [4.69, 9.17) is 0 Å². The van der Waals surface area contributed by atoms with Gasteiger partial charge in [0.25, 0.3) is 0 Å². The molecule has 2 heterocycles. The van der Waals surface area contributed by atoms with Crippen LogP contribution in [0.25, 0.3) is 0 Å². The van der Waals surface area contributed by atoms with Crippen LogP contribution in [0.3, 0.4) is 0 Å². The summed E-state index contributed by atoms with van der Waals surface area (Å²) in [5, 5.41) is 15.8. The molecular weight excluding hydrogens is 266 g/mol. The minimum absolute atomic E-state index is 0.130. The average molecular weight is 281 g/mol. The van der Waals surface area contributed by atoms with E-state index in [0.717, 1.165) is 5.56 Å².